The molecule has 0 amide bonds. The fraction of sp³-hybridized carbons (Fsp3) is 0.471. The Morgan fingerprint density at radius 3 is 3.08 bits per heavy atom. The van der Waals surface area contributed by atoms with Crippen molar-refractivity contribution in [3.8, 4) is 0 Å². The van der Waals surface area contributed by atoms with Gasteiger partial charge >= 0.3 is 5.97 Å². The topological polar surface area (TPSA) is 63.9 Å². The van der Waals surface area contributed by atoms with Gasteiger partial charge < -0.3 is 4.74 Å². The molecule has 24 heavy (non-hydrogen) atoms. The van der Waals surface area contributed by atoms with E-state index in [0.29, 0.717) is 25.3 Å². The maximum Gasteiger partial charge on any atom is 0.310 e. The van der Waals surface area contributed by atoms with Crippen molar-refractivity contribution in [2.75, 3.05) is 19.7 Å². The Kier molecular flexibility index (Phi) is 5.30. The molecule has 6 nitrogen and oxygen atoms in total. The number of hydrogen-bond acceptors (Lipinski definition) is 5. The molecule has 0 aromatic carbocycles. The molecule has 0 radical (unpaired) electrons. The highest BCUT2D eigenvalue weighted by atomic mass is 79.9. The van der Waals surface area contributed by atoms with Crippen molar-refractivity contribution in [2.45, 2.75) is 26.3 Å². The molecule has 0 spiro atoms. The Bertz CT molecular complexity index is 805. The zero-order valence-electron chi connectivity index (χ0n) is 13.6. The van der Waals surface area contributed by atoms with E-state index in [2.05, 4.69) is 25.8 Å². The summed E-state index contributed by atoms with van der Waals surface area (Å²) < 4.78 is 7.48. The number of carbonyl (C=O) groups is 1. The highest BCUT2D eigenvalue weighted by Gasteiger charge is 2.27. The van der Waals surface area contributed by atoms with Crippen LogP contribution in [-0.4, -0.2) is 40.0 Å². The van der Waals surface area contributed by atoms with E-state index in [1.54, 1.807) is 12.3 Å². The van der Waals surface area contributed by atoms with Crippen molar-refractivity contribution in [3.63, 3.8) is 0 Å². The highest BCUT2D eigenvalue weighted by molar-refractivity contribution is 9.10. The van der Waals surface area contributed by atoms with E-state index in [4.69, 9.17) is 4.74 Å². The molecule has 0 saturated carbocycles. The maximum atomic E-state index is 12.3. The van der Waals surface area contributed by atoms with Crippen LogP contribution in [0.2, 0.25) is 0 Å². The smallest absolute Gasteiger partial charge is 0.310 e. The first-order chi connectivity index (χ1) is 11.6. The van der Waals surface area contributed by atoms with Crippen molar-refractivity contribution >= 4 is 27.5 Å². The third kappa shape index (κ3) is 3.84. The lowest BCUT2D eigenvalue weighted by Crippen LogP contribution is -2.39. The first-order valence-electron chi connectivity index (χ1n) is 8.13. The lowest BCUT2D eigenvalue weighted by Gasteiger charge is -2.31. The summed E-state index contributed by atoms with van der Waals surface area (Å²) in [6.45, 7) is 4.35. The Hall–Kier alpha value is -1.73. The minimum atomic E-state index is -0.126. The van der Waals surface area contributed by atoms with Gasteiger partial charge in [0.15, 0.2) is 0 Å². The molecule has 1 atom stereocenters. The zero-order valence-corrected chi connectivity index (χ0v) is 15.2. The molecule has 2 aromatic rings. The van der Waals surface area contributed by atoms with E-state index >= 15 is 0 Å². The van der Waals surface area contributed by atoms with Gasteiger partial charge in [-0.25, -0.2) is 4.98 Å². The number of likely N-dealkylation sites (tertiary alicyclic amines) is 1. The van der Waals surface area contributed by atoms with E-state index in [-0.39, 0.29) is 17.4 Å². The predicted octanol–water partition coefficient (Wildman–Crippen LogP) is 2.23. The number of pyridine rings is 1. The van der Waals surface area contributed by atoms with Gasteiger partial charge in [0, 0.05) is 29.8 Å². The number of halogens is 1. The summed E-state index contributed by atoms with van der Waals surface area (Å²) in [7, 11) is 0. The number of hydrogen-bond donors (Lipinski definition) is 0. The van der Waals surface area contributed by atoms with Crippen molar-refractivity contribution < 1.29 is 9.53 Å². The van der Waals surface area contributed by atoms with E-state index < -0.39 is 0 Å². The number of esters is 1. The number of piperidine rings is 1. The summed E-state index contributed by atoms with van der Waals surface area (Å²) in [4.78, 5) is 30.9. The fourth-order valence-corrected chi connectivity index (χ4v) is 3.42. The first kappa shape index (κ1) is 17.1. The van der Waals surface area contributed by atoms with Crippen molar-refractivity contribution in [2.24, 2.45) is 5.92 Å². The minimum absolute atomic E-state index is 0.0868. The number of fused-ring (bicyclic) bond motifs is 1. The number of nitrogens with zero attached hydrogens (tertiary/aromatic N) is 3. The molecule has 7 heteroatoms. The quantitative estimate of drug-likeness (QED) is 0.745. The lowest BCUT2D eigenvalue weighted by atomic mass is 9.98. The van der Waals surface area contributed by atoms with Crippen molar-refractivity contribution in [1.82, 2.24) is 14.3 Å². The summed E-state index contributed by atoms with van der Waals surface area (Å²) in [6.07, 6.45) is 3.52. The van der Waals surface area contributed by atoms with Gasteiger partial charge in [-0.05, 0) is 54.4 Å². The molecule has 0 bridgehead atoms. The Balaban J connectivity index is 1.76. The summed E-state index contributed by atoms with van der Waals surface area (Å²) in [6, 6.07) is 5.24. The fourth-order valence-electron chi connectivity index (χ4n) is 3.09. The second-order valence-electron chi connectivity index (χ2n) is 5.99. The molecule has 1 aliphatic rings. The number of aromatic nitrogens is 2. The molecule has 3 heterocycles. The van der Waals surface area contributed by atoms with Gasteiger partial charge in [0.1, 0.15) is 5.65 Å². The molecule has 1 saturated heterocycles. The van der Waals surface area contributed by atoms with Crippen LogP contribution in [0.15, 0.2) is 33.7 Å². The van der Waals surface area contributed by atoms with Crippen LogP contribution in [-0.2, 0) is 16.1 Å². The van der Waals surface area contributed by atoms with Gasteiger partial charge in [0.25, 0.3) is 5.56 Å². The molecule has 2 aromatic heterocycles. The second kappa shape index (κ2) is 7.44. The molecule has 1 aliphatic heterocycles. The van der Waals surface area contributed by atoms with E-state index in [1.165, 1.54) is 4.40 Å². The summed E-state index contributed by atoms with van der Waals surface area (Å²) in [5.41, 5.74) is 1.25. The Morgan fingerprint density at radius 2 is 2.29 bits per heavy atom. The molecular weight excluding hydrogens is 374 g/mol. The lowest BCUT2D eigenvalue weighted by molar-refractivity contribution is -0.150. The predicted molar refractivity (Wildman–Crippen MR) is 93.8 cm³/mol. The van der Waals surface area contributed by atoms with Crippen LogP contribution in [0.5, 0.6) is 0 Å². The van der Waals surface area contributed by atoms with E-state index in [1.807, 2.05) is 19.1 Å². The van der Waals surface area contributed by atoms with Gasteiger partial charge in [-0.15, -0.1) is 0 Å². The molecule has 1 fully saturated rings. The van der Waals surface area contributed by atoms with Crippen LogP contribution in [0.25, 0.3) is 5.65 Å². The third-order valence-corrected chi connectivity index (χ3v) is 4.66. The van der Waals surface area contributed by atoms with Crippen LogP contribution in [0, 0.1) is 5.92 Å². The summed E-state index contributed by atoms with van der Waals surface area (Å²) in [5, 5.41) is 0. The van der Waals surface area contributed by atoms with Crippen molar-refractivity contribution in [3.05, 3.63) is 44.9 Å². The van der Waals surface area contributed by atoms with E-state index in [9.17, 15) is 9.59 Å². The highest BCUT2D eigenvalue weighted by Crippen LogP contribution is 2.19. The standard InChI is InChI=1S/C17H20BrN3O3/c1-2-24-17(23)12-4-3-7-20(9-12)11-14-8-16(22)21-10-13(18)5-6-15(21)19-14/h5-6,8,10,12H,2-4,7,9,11H2,1H3. The summed E-state index contributed by atoms with van der Waals surface area (Å²) in [5.74, 6) is -0.213. The molecule has 0 N–H and O–H groups in total. The minimum Gasteiger partial charge on any atom is -0.466 e. The van der Waals surface area contributed by atoms with Crippen molar-refractivity contribution in [1.29, 1.82) is 0 Å². The molecule has 3 rings (SSSR count). The van der Waals surface area contributed by atoms with Crippen LogP contribution < -0.4 is 5.56 Å². The van der Waals surface area contributed by atoms with Gasteiger partial charge in [0.05, 0.1) is 18.2 Å². The molecule has 0 aliphatic carbocycles. The van der Waals surface area contributed by atoms with Gasteiger partial charge in [-0.3, -0.25) is 18.9 Å². The number of ether oxygens (including phenoxy) is 1. The van der Waals surface area contributed by atoms with Gasteiger partial charge in [-0.2, -0.15) is 0 Å². The molecule has 1 unspecified atom stereocenters. The van der Waals surface area contributed by atoms with Gasteiger partial charge in [0.2, 0.25) is 0 Å². The maximum absolute atomic E-state index is 12.3. The number of rotatable bonds is 4. The monoisotopic (exact) mass is 393 g/mol. The van der Waals surface area contributed by atoms with Crippen LogP contribution in [0.3, 0.4) is 0 Å². The van der Waals surface area contributed by atoms with Crippen LogP contribution >= 0.6 is 15.9 Å². The number of carbonyl (C=O) groups excluding carboxylic acids is 1. The average Bonchev–Trinajstić information content (AvgIpc) is 2.56. The first-order valence-corrected chi connectivity index (χ1v) is 8.93. The Morgan fingerprint density at radius 1 is 1.46 bits per heavy atom. The van der Waals surface area contributed by atoms with E-state index in [0.717, 1.165) is 29.6 Å². The second-order valence-corrected chi connectivity index (χ2v) is 6.90. The SMILES string of the molecule is CCOC(=O)C1CCCN(Cc2cc(=O)n3cc(Br)ccc3n2)C1. The average molecular weight is 394 g/mol. The van der Waals surface area contributed by atoms with Gasteiger partial charge in [-0.1, -0.05) is 0 Å². The summed E-state index contributed by atoms with van der Waals surface area (Å²) >= 11 is 3.36. The molecular formula is C17H20BrN3O3. The van der Waals surface area contributed by atoms with Crippen LogP contribution in [0.4, 0.5) is 0 Å². The molecule has 128 valence electrons. The third-order valence-electron chi connectivity index (χ3n) is 4.19. The Labute approximate surface area is 148 Å². The zero-order chi connectivity index (χ0) is 17.1. The largest absolute Gasteiger partial charge is 0.466 e. The van der Waals surface area contributed by atoms with Crippen LogP contribution in [0.1, 0.15) is 25.5 Å². The normalized spacial score (nSPS) is 18.7.